The summed E-state index contributed by atoms with van der Waals surface area (Å²) in [6.07, 6.45) is 0. The van der Waals surface area contributed by atoms with Crippen molar-refractivity contribution >= 4 is 35.0 Å². The number of ether oxygens (including phenoxy) is 1. The normalized spacial score (nSPS) is 10.1. The Labute approximate surface area is 131 Å². The molecule has 0 aliphatic carbocycles. The molecule has 1 heterocycles. The van der Waals surface area contributed by atoms with Gasteiger partial charge in [-0.25, -0.2) is 4.79 Å². The van der Waals surface area contributed by atoms with Crippen molar-refractivity contribution in [2.75, 3.05) is 19.4 Å². The zero-order valence-corrected chi connectivity index (χ0v) is 13.1. The highest BCUT2D eigenvalue weighted by atomic mass is 32.2. The number of methoxy groups -OCH3 is 1. The molecule has 0 spiro atoms. The number of hydrogen-bond acceptors (Lipinski definition) is 5. The first kappa shape index (κ1) is 15.6. The summed E-state index contributed by atoms with van der Waals surface area (Å²) < 4.78 is 4.61. The molecule has 0 saturated carbocycles. The van der Waals surface area contributed by atoms with Crippen molar-refractivity contribution in [2.24, 2.45) is 0 Å². The highest BCUT2D eigenvalue weighted by Crippen LogP contribution is 2.18. The smallest absolute Gasteiger partial charge is 0.348 e. The maximum absolute atomic E-state index is 11.9. The van der Waals surface area contributed by atoms with Crippen molar-refractivity contribution in [3.05, 3.63) is 52.2 Å². The molecule has 21 heavy (non-hydrogen) atoms. The lowest BCUT2D eigenvalue weighted by atomic mass is 10.4. The van der Waals surface area contributed by atoms with Gasteiger partial charge in [0.05, 0.1) is 12.0 Å². The van der Waals surface area contributed by atoms with Crippen LogP contribution < -0.4 is 5.32 Å². The monoisotopic (exact) mass is 321 g/mol. The minimum atomic E-state index is -0.418. The van der Waals surface area contributed by atoms with Gasteiger partial charge in [0.1, 0.15) is 4.88 Å². The van der Waals surface area contributed by atoms with Crippen LogP contribution in [0, 0.1) is 0 Å². The van der Waals surface area contributed by atoms with E-state index in [1.807, 2.05) is 30.3 Å². The van der Waals surface area contributed by atoms with E-state index in [4.69, 9.17) is 0 Å². The fraction of sp³-hybridized carbons (Fsp3) is 0.200. The van der Waals surface area contributed by atoms with E-state index in [1.54, 1.807) is 23.9 Å². The lowest BCUT2D eigenvalue weighted by Gasteiger charge is -2.03. The van der Waals surface area contributed by atoms with Gasteiger partial charge in [-0.05, 0) is 24.3 Å². The Morgan fingerprint density at radius 3 is 2.57 bits per heavy atom. The maximum Gasteiger partial charge on any atom is 0.348 e. The van der Waals surface area contributed by atoms with Crippen molar-refractivity contribution in [3.8, 4) is 0 Å². The quantitative estimate of drug-likeness (QED) is 0.505. The van der Waals surface area contributed by atoms with E-state index in [1.165, 1.54) is 12.0 Å². The molecule has 2 aromatic rings. The molecular formula is C15H15NO3S2. The van der Waals surface area contributed by atoms with Gasteiger partial charge >= 0.3 is 5.97 Å². The third-order valence-corrected chi connectivity index (χ3v) is 4.69. The van der Waals surface area contributed by atoms with E-state index < -0.39 is 5.97 Å². The van der Waals surface area contributed by atoms with Crippen molar-refractivity contribution in [3.63, 3.8) is 0 Å². The fourth-order valence-electron chi connectivity index (χ4n) is 1.61. The topological polar surface area (TPSA) is 55.4 Å². The molecule has 4 nitrogen and oxygen atoms in total. The van der Waals surface area contributed by atoms with Crippen LogP contribution in [0.15, 0.2) is 47.4 Å². The first-order valence-corrected chi connectivity index (χ1v) is 8.15. The number of carbonyl (C=O) groups is 2. The molecule has 1 aromatic carbocycles. The summed E-state index contributed by atoms with van der Waals surface area (Å²) in [5, 5.41) is 2.84. The highest BCUT2D eigenvalue weighted by molar-refractivity contribution is 7.99. The summed E-state index contributed by atoms with van der Waals surface area (Å²) in [6.45, 7) is 0.573. The van der Waals surface area contributed by atoms with Gasteiger partial charge in [0.2, 0.25) is 0 Å². The molecule has 2 rings (SSSR count). The van der Waals surface area contributed by atoms with Crippen molar-refractivity contribution in [2.45, 2.75) is 4.90 Å². The van der Waals surface area contributed by atoms with Gasteiger partial charge in [-0.15, -0.1) is 23.1 Å². The molecule has 0 unspecified atom stereocenters. The zero-order chi connectivity index (χ0) is 15.1. The van der Waals surface area contributed by atoms with E-state index in [-0.39, 0.29) is 5.91 Å². The minimum Gasteiger partial charge on any atom is -0.465 e. The van der Waals surface area contributed by atoms with Gasteiger partial charge < -0.3 is 10.1 Å². The van der Waals surface area contributed by atoms with Crippen LogP contribution in [0.1, 0.15) is 19.3 Å². The van der Waals surface area contributed by atoms with Gasteiger partial charge in [0, 0.05) is 17.2 Å². The summed E-state index contributed by atoms with van der Waals surface area (Å²) in [4.78, 5) is 25.4. The summed E-state index contributed by atoms with van der Waals surface area (Å²) in [6, 6.07) is 13.3. The SMILES string of the molecule is COC(=O)c1ccc(C(=O)NCCSc2ccccc2)s1. The average molecular weight is 321 g/mol. The lowest BCUT2D eigenvalue weighted by Crippen LogP contribution is -2.24. The van der Waals surface area contributed by atoms with E-state index in [0.29, 0.717) is 16.3 Å². The second-order valence-corrected chi connectivity index (χ2v) is 6.32. The summed E-state index contributed by atoms with van der Waals surface area (Å²) >= 11 is 2.82. The number of nitrogens with one attached hydrogen (secondary N) is 1. The number of rotatable bonds is 6. The van der Waals surface area contributed by atoms with Crippen LogP contribution in [-0.2, 0) is 4.74 Å². The van der Waals surface area contributed by atoms with Crippen LogP contribution in [0.25, 0.3) is 0 Å². The van der Waals surface area contributed by atoms with E-state index in [0.717, 1.165) is 17.1 Å². The zero-order valence-electron chi connectivity index (χ0n) is 11.5. The van der Waals surface area contributed by atoms with Crippen LogP contribution in [0.5, 0.6) is 0 Å². The van der Waals surface area contributed by atoms with Gasteiger partial charge in [-0.2, -0.15) is 0 Å². The Hall–Kier alpha value is -1.79. The third-order valence-electron chi connectivity index (χ3n) is 2.62. The second-order valence-electron chi connectivity index (χ2n) is 4.07. The Kier molecular flexibility index (Phi) is 5.83. The van der Waals surface area contributed by atoms with Gasteiger partial charge in [-0.3, -0.25) is 4.79 Å². The number of thiophene rings is 1. The van der Waals surface area contributed by atoms with E-state index in [9.17, 15) is 9.59 Å². The molecule has 0 aliphatic heterocycles. The van der Waals surface area contributed by atoms with Crippen LogP contribution in [-0.4, -0.2) is 31.3 Å². The standard InChI is InChI=1S/C15H15NO3S2/c1-19-15(18)13-8-7-12(21-13)14(17)16-9-10-20-11-5-3-2-4-6-11/h2-8H,9-10H2,1H3,(H,16,17). The molecule has 1 N–H and O–H groups in total. The fourth-order valence-corrected chi connectivity index (χ4v) is 3.24. The number of hydrogen-bond donors (Lipinski definition) is 1. The minimum absolute atomic E-state index is 0.163. The first-order chi connectivity index (χ1) is 10.2. The molecule has 0 bridgehead atoms. The molecule has 1 aromatic heterocycles. The second kappa shape index (κ2) is 7.85. The van der Waals surface area contributed by atoms with Crippen LogP contribution in [0.2, 0.25) is 0 Å². The summed E-state index contributed by atoms with van der Waals surface area (Å²) in [5.41, 5.74) is 0. The van der Waals surface area contributed by atoms with Crippen molar-refractivity contribution in [1.82, 2.24) is 5.32 Å². The molecule has 6 heteroatoms. The highest BCUT2D eigenvalue weighted by Gasteiger charge is 2.13. The van der Waals surface area contributed by atoms with Crippen molar-refractivity contribution < 1.29 is 14.3 Å². The third kappa shape index (κ3) is 4.61. The Balaban J connectivity index is 1.77. The number of amides is 1. The predicted molar refractivity (Wildman–Crippen MR) is 85.2 cm³/mol. The van der Waals surface area contributed by atoms with Crippen LogP contribution >= 0.6 is 23.1 Å². The maximum atomic E-state index is 11.9. The van der Waals surface area contributed by atoms with Crippen LogP contribution in [0.3, 0.4) is 0 Å². The van der Waals surface area contributed by atoms with Crippen LogP contribution in [0.4, 0.5) is 0 Å². The van der Waals surface area contributed by atoms with Gasteiger partial charge in [0.25, 0.3) is 5.91 Å². The van der Waals surface area contributed by atoms with Gasteiger partial charge in [-0.1, -0.05) is 18.2 Å². The number of esters is 1. The number of benzene rings is 1. The van der Waals surface area contributed by atoms with Gasteiger partial charge in [0.15, 0.2) is 0 Å². The molecule has 0 saturated heterocycles. The van der Waals surface area contributed by atoms with E-state index in [2.05, 4.69) is 10.1 Å². The lowest BCUT2D eigenvalue weighted by molar-refractivity contribution is 0.0606. The molecule has 1 amide bonds. The molecule has 110 valence electrons. The molecular weight excluding hydrogens is 306 g/mol. The average Bonchev–Trinajstić information content (AvgIpc) is 3.01. The Morgan fingerprint density at radius 1 is 1.14 bits per heavy atom. The molecule has 0 radical (unpaired) electrons. The van der Waals surface area contributed by atoms with E-state index >= 15 is 0 Å². The molecule has 0 fully saturated rings. The molecule has 0 atom stereocenters. The summed E-state index contributed by atoms with van der Waals surface area (Å²) in [7, 11) is 1.32. The predicted octanol–water partition coefficient (Wildman–Crippen LogP) is 3.06. The Morgan fingerprint density at radius 2 is 1.86 bits per heavy atom. The van der Waals surface area contributed by atoms with Crippen molar-refractivity contribution in [1.29, 1.82) is 0 Å². The number of thioether (sulfide) groups is 1. The largest absolute Gasteiger partial charge is 0.465 e. The number of carbonyl (C=O) groups excluding carboxylic acids is 2. The Bertz CT molecular complexity index is 610. The molecule has 0 aliphatic rings. The summed E-state index contributed by atoms with van der Waals surface area (Å²) in [5.74, 6) is 0.216. The first-order valence-electron chi connectivity index (χ1n) is 6.35.